The second kappa shape index (κ2) is 5.59. The van der Waals surface area contributed by atoms with Gasteiger partial charge in [0.25, 0.3) is 0 Å². The van der Waals surface area contributed by atoms with E-state index in [1.54, 1.807) is 6.20 Å². The SMILES string of the molecule is NC(=S)c1ncccc1NC1CCc2ccccc2C1. The molecule has 0 saturated heterocycles. The molecule has 1 unspecified atom stereocenters. The summed E-state index contributed by atoms with van der Waals surface area (Å²) in [5, 5.41) is 3.54. The minimum absolute atomic E-state index is 0.337. The second-order valence-electron chi connectivity index (χ2n) is 5.12. The topological polar surface area (TPSA) is 50.9 Å². The number of benzene rings is 1. The van der Waals surface area contributed by atoms with E-state index in [0.29, 0.717) is 16.7 Å². The summed E-state index contributed by atoms with van der Waals surface area (Å²) in [6.45, 7) is 0. The third kappa shape index (κ3) is 2.65. The van der Waals surface area contributed by atoms with Gasteiger partial charge in [0.15, 0.2) is 0 Å². The van der Waals surface area contributed by atoms with E-state index in [4.69, 9.17) is 18.0 Å². The molecular weight excluding hydrogens is 266 g/mol. The van der Waals surface area contributed by atoms with Crippen LogP contribution in [0.4, 0.5) is 5.69 Å². The molecule has 3 rings (SSSR count). The Morgan fingerprint density at radius 3 is 2.80 bits per heavy atom. The summed E-state index contributed by atoms with van der Waals surface area (Å²) in [4.78, 5) is 4.60. The van der Waals surface area contributed by atoms with E-state index in [2.05, 4.69) is 34.6 Å². The van der Waals surface area contributed by atoms with Gasteiger partial charge in [-0.05, 0) is 42.5 Å². The molecule has 1 aromatic heterocycles. The molecule has 1 heterocycles. The molecule has 4 heteroatoms. The van der Waals surface area contributed by atoms with Gasteiger partial charge < -0.3 is 11.1 Å². The molecule has 20 heavy (non-hydrogen) atoms. The van der Waals surface area contributed by atoms with Crippen molar-refractivity contribution in [1.29, 1.82) is 0 Å². The zero-order chi connectivity index (χ0) is 13.9. The van der Waals surface area contributed by atoms with Crippen LogP contribution in [0.2, 0.25) is 0 Å². The van der Waals surface area contributed by atoms with E-state index in [1.807, 2.05) is 12.1 Å². The van der Waals surface area contributed by atoms with E-state index in [0.717, 1.165) is 24.9 Å². The maximum absolute atomic E-state index is 5.73. The Balaban J connectivity index is 1.79. The summed E-state index contributed by atoms with van der Waals surface area (Å²) in [7, 11) is 0. The maximum Gasteiger partial charge on any atom is 0.124 e. The van der Waals surface area contributed by atoms with Gasteiger partial charge in [-0.15, -0.1) is 0 Å². The molecule has 0 amide bonds. The molecule has 1 atom stereocenters. The van der Waals surface area contributed by atoms with E-state index < -0.39 is 0 Å². The average Bonchev–Trinajstić information content (AvgIpc) is 2.47. The molecule has 1 aliphatic rings. The van der Waals surface area contributed by atoms with E-state index in [9.17, 15) is 0 Å². The number of aromatic nitrogens is 1. The summed E-state index contributed by atoms with van der Waals surface area (Å²) in [6, 6.07) is 12.9. The fourth-order valence-corrected chi connectivity index (χ4v) is 2.92. The highest BCUT2D eigenvalue weighted by Gasteiger charge is 2.19. The summed E-state index contributed by atoms with van der Waals surface area (Å²) in [5.41, 5.74) is 10.2. The molecule has 0 aliphatic heterocycles. The summed E-state index contributed by atoms with van der Waals surface area (Å²) in [5.74, 6) is 0. The number of anilines is 1. The van der Waals surface area contributed by atoms with Gasteiger partial charge in [-0.2, -0.15) is 0 Å². The van der Waals surface area contributed by atoms with Crippen molar-refractivity contribution in [3.63, 3.8) is 0 Å². The molecule has 0 radical (unpaired) electrons. The third-order valence-corrected chi connectivity index (χ3v) is 3.94. The number of pyridine rings is 1. The summed E-state index contributed by atoms with van der Waals surface area (Å²) in [6.07, 6.45) is 4.97. The predicted molar refractivity (Wildman–Crippen MR) is 86.0 cm³/mol. The van der Waals surface area contributed by atoms with Gasteiger partial charge >= 0.3 is 0 Å². The minimum Gasteiger partial charge on any atom is -0.388 e. The van der Waals surface area contributed by atoms with Crippen LogP contribution in [-0.2, 0) is 12.8 Å². The third-order valence-electron chi connectivity index (χ3n) is 3.75. The number of rotatable bonds is 3. The van der Waals surface area contributed by atoms with Crippen molar-refractivity contribution >= 4 is 22.9 Å². The van der Waals surface area contributed by atoms with Crippen molar-refractivity contribution in [1.82, 2.24) is 4.98 Å². The largest absolute Gasteiger partial charge is 0.388 e. The molecular formula is C16H17N3S. The lowest BCUT2D eigenvalue weighted by molar-refractivity contribution is 0.610. The number of nitrogens with one attached hydrogen (secondary N) is 1. The van der Waals surface area contributed by atoms with Gasteiger partial charge in [0.05, 0.1) is 5.69 Å². The standard InChI is InChI=1S/C16H17N3S/c17-16(20)15-14(6-3-9-18-15)19-13-8-7-11-4-1-2-5-12(11)10-13/h1-6,9,13,19H,7-8,10H2,(H2,17,20). The van der Waals surface area contributed by atoms with Crippen LogP contribution in [0.15, 0.2) is 42.6 Å². The predicted octanol–water partition coefficient (Wildman–Crippen LogP) is 2.69. The van der Waals surface area contributed by atoms with Crippen molar-refractivity contribution in [3.8, 4) is 0 Å². The minimum atomic E-state index is 0.337. The van der Waals surface area contributed by atoms with Crippen LogP contribution in [0.25, 0.3) is 0 Å². The van der Waals surface area contributed by atoms with Crippen molar-refractivity contribution in [3.05, 3.63) is 59.4 Å². The molecule has 0 fully saturated rings. The smallest absolute Gasteiger partial charge is 0.124 e. The average molecular weight is 283 g/mol. The first-order valence-corrected chi connectivity index (χ1v) is 7.23. The monoisotopic (exact) mass is 283 g/mol. The Labute approximate surface area is 124 Å². The Morgan fingerprint density at radius 2 is 2.00 bits per heavy atom. The van der Waals surface area contributed by atoms with Crippen LogP contribution in [-0.4, -0.2) is 16.0 Å². The van der Waals surface area contributed by atoms with Crippen LogP contribution < -0.4 is 11.1 Å². The first-order valence-electron chi connectivity index (χ1n) is 6.82. The fraction of sp³-hybridized carbons (Fsp3) is 0.250. The zero-order valence-corrected chi connectivity index (χ0v) is 12.0. The molecule has 0 bridgehead atoms. The first-order chi connectivity index (χ1) is 9.74. The molecule has 1 aliphatic carbocycles. The number of nitrogens with zero attached hydrogens (tertiary/aromatic N) is 1. The molecule has 0 spiro atoms. The van der Waals surface area contributed by atoms with Crippen molar-refractivity contribution < 1.29 is 0 Å². The maximum atomic E-state index is 5.73. The lowest BCUT2D eigenvalue weighted by Crippen LogP contribution is -2.28. The van der Waals surface area contributed by atoms with Gasteiger partial charge in [-0.3, -0.25) is 4.98 Å². The van der Waals surface area contributed by atoms with Crippen molar-refractivity contribution in [2.45, 2.75) is 25.3 Å². The number of thiocarbonyl (C=S) groups is 1. The number of fused-ring (bicyclic) bond motifs is 1. The Morgan fingerprint density at radius 1 is 1.20 bits per heavy atom. The summed E-state index contributed by atoms with van der Waals surface area (Å²) < 4.78 is 0. The molecule has 1 aromatic carbocycles. The number of aryl methyl sites for hydroxylation is 1. The van der Waals surface area contributed by atoms with Gasteiger partial charge in [-0.25, -0.2) is 0 Å². The number of hydrogen-bond donors (Lipinski definition) is 2. The van der Waals surface area contributed by atoms with Crippen molar-refractivity contribution in [2.24, 2.45) is 5.73 Å². The van der Waals surface area contributed by atoms with Crippen LogP contribution in [0, 0.1) is 0 Å². The Kier molecular flexibility index (Phi) is 3.65. The van der Waals surface area contributed by atoms with Gasteiger partial charge in [0.1, 0.15) is 10.7 Å². The molecule has 3 N–H and O–H groups in total. The van der Waals surface area contributed by atoms with E-state index in [1.165, 1.54) is 11.1 Å². The molecule has 2 aromatic rings. The lowest BCUT2D eigenvalue weighted by Gasteiger charge is -2.26. The normalized spacial score (nSPS) is 17.3. The summed E-state index contributed by atoms with van der Waals surface area (Å²) >= 11 is 5.06. The highest BCUT2D eigenvalue weighted by molar-refractivity contribution is 7.80. The first kappa shape index (κ1) is 13.1. The molecule has 0 saturated carbocycles. The van der Waals surface area contributed by atoms with Crippen LogP contribution in [0.5, 0.6) is 0 Å². The van der Waals surface area contributed by atoms with Crippen LogP contribution in [0.3, 0.4) is 0 Å². The Hall–Kier alpha value is -1.94. The number of hydrogen-bond acceptors (Lipinski definition) is 3. The highest BCUT2D eigenvalue weighted by atomic mass is 32.1. The highest BCUT2D eigenvalue weighted by Crippen LogP contribution is 2.24. The van der Waals surface area contributed by atoms with Gasteiger partial charge in [0.2, 0.25) is 0 Å². The van der Waals surface area contributed by atoms with Crippen molar-refractivity contribution in [2.75, 3.05) is 5.32 Å². The van der Waals surface area contributed by atoms with Gasteiger partial charge in [-0.1, -0.05) is 36.5 Å². The lowest BCUT2D eigenvalue weighted by atomic mass is 9.88. The number of nitrogens with two attached hydrogens (primary N) is 1. The zero-order valence-electron chi connectivity index (χ0n) is 11.2. The quantitative estimate of drug-likeness (QED) is 0.850. The van der Waals surface area contributed by atoms with E-state index >= 15 is 0 Å². The van der Waals surface area contributed by atoms with E-state index in [-0.39, 0.29) is 0 Å². The second-order valence-corrected chi connectivity index (χ2v) is 5.56. The molecule has 102 valence electrons. The Bertz CT molecular complexity index is 639. The fourth-order valence-electron chi connectivity index (χ4n) is 2.76. The van der Waals surface area contributed by atoms with Gasteiger partial charge in [0, 0.05) is 12.2 Å². The van der Waals surface area contributed by atoms with Crippen LogP contribution >= 0.6 is 12.2 Å². The van der Waals surface area contributed by atoms with Crippen LogP contribution in [0.1, 0.15) is 23.2 Å². The molecule has 3 nitrogen and oxygen atoms in total.